The first-order valence-electron chi connectivity index (χ1n) is 12.0. The van der Waals surface area contributed by atoms with Gasteiger partial charge in [-0.3, -0.25) is 9.59 Å². The van der Waals surface area contributed by atoms with Gasteiger partial charge < -0.3 is 20.1 Å². The summed E-state index contributed by atoms with van der Waals surface area (Å²) in [4.78, 5) is 39.6. The molecule has 3 aromatic carbocycles. The van der Waals surface area contributed by atoms with Crippen molar-refractivity contribution in [2.75, 3.05) is 23.9 Å². The number of halogens is 1. The Hall–Kier alpha value is -4.10. The highest BCUT2D eigenvalue weighted by Crippen LogP contribution is 2.46. The Bertz CT molecular complexity index is 1420. The van der Waals surface area contributed by atoms with Crippen LogP contribution in [0.1, 0.15) is 45.0 Å². The van der Waals surface area contributed by atoms with Gasteiger partial charge in [-0.25, -0.2) is 4.79 Å². The highest BCUT2D eigenvalue weighted by Gasteiger charge is 2.37. The fraction of sp³-hybridized carbons (Fsp3) is 0.207. The molecular weight excluding hydrogens is 492 g/mol. The minimum Gasteiger partial charge on any atom is -0.497 e. The minimum absolute atomic E-state index is 0.0267. The molecule has 0 aromatic heterocycles. The van der Waals surface area contributed by atoms with Crippen LogP contribution >= 0.6 is 11.6 Å². The number of carbonyl (C=O) groups is 3. The first-order valence-corrected chi connectivity index (χ1v) is 12.3. The molecule has 1 aliphatic carbocycles. The molecule has 2 N–H and O–H groups in total. The van der Waals surface area contributed by atoms with Crippen molar-refractivity contribution < 1.29 is 24.2 Å². The molecule has 2 atom stereocenters. The molecule has 0 fully saturated rings. The molecule has 1 aliphatic heterocycles. The van der Waals surface area contributed by atoms with Crippen LogP contribution in [-0.4, -0.2) is 36.5 Å². The van der Waals surface area contributed by atoms with E-state index in [1.807, 2.05) is 30.3 Å². The summed E-state index contributed by atoms with van der Waals surface area (Å²) >= 11 is 6.18. The van der Waals surface area contributed by atoms with E-state index < -0.39 is 5.97 Å². The van der Waals surface area contributed by atoms with E-state index in [-0.39, 0.29) is 29.2 Å². The van der Waals surface area contributed by atoms with Crippen molar-refractivity contribution in [3.05, 3.63) is 100 Å². The van der Waals surface area contributed by atoms with Crippen molar-refractivity contribution in [3.8, 4) is 5.75 Å². The smallest absolute Gasteiger partial charge is 0.331 e. The van der Waals surface area contributed by atoms with E-state index in [0.717, 1.165) is 11.3 Å². The molecule has 0 bridgehead atoms. The zero-order valence-electron chi connectivity index (χ0n) is 20.1. The maximum atomic E-state index is 13.6. The van der Waals surface area contributed by atoms with Gasteiger partial charge in [0.05, 0.1) is 17.7 Å². The van der Waals surface area contributed by atoms with Crippen LogP contribution in [0.15, 0.2) is 78.4 Å². The number of carboxylic acid groups (broad SMARTS) is 1. The van der Waals surface area contributed by atoms with Crippen LogP contribution in [0.25, 0.3) is 0 Å². The number of aliphatic carboxylic acids is 1. The number of carbonyl (C=O) groups excluding carboxylic acids is 2. The number of para-hydroxylation sites is 1. The molecule has 7 nitrogen and oxygen atoms in total. The molecule has 2 aliphatic rings. The number of carboxylic acids is 1. The van der Waals surface area contributed by atoms with Gasteiger partial charge in [-0.05, 0) is 72.9 Å². The Morgan fingerprint density at radius 2 is 1.81 bits per heavy atom. The lowest BCUT2D eigenvalue weighted by Crippen LogP contribution is -2.32. The van der Waals surface area contributed by atoms with Crippen molar-refractivity contribution in [2.24, 2.45) is 5.92 Å². The number of hydrogen-bond donors (Lipinski definition) is 2. The predicted octanol–water partition coefficient (Wildman–Crippen LogP) is 5.77. The molecule has 2 amide bonds. The topological polar surface area (TPSA) is 95.9 Å². The zero-order valence-corrected chi connectivity index (χ0v) is 20.9. The van der Waals surface area contributed by atoms with Crippen molar-refractivity contribution >= 4 is 40.8 Å². The Morgan fingerprint density at radius 3 is 2.54 bits per heavy atom. The third-order valence-electron chi connectivity index (χ3n) is 7.01. The zero-order chi connectivity index (χ0) is 26.1. The molecule has 0 radical (unpaired) electrons. The summed E-state index contributed by atoms with van der Waals surface area (Å²) in [5.74, 6) is -0.771. The second-order valence-electron chi connectivity index (χ2n) is 9.17. The van der Waals surface area contributed by atoms with Crippen LogP contribution in [0, 0.1) is 5.92 Å². The predicted molar refractivity (Wildman–Crippen MR) is 142 cm³/mol. The van der Waals surface area contributed by atoms with Crippen LogP contribution in [0.2, 0.25) is 5.02 Å². The van der Waals surface area contributed by atoms with Gasteiger partial charge >= 0.3 is 5.97 Å². The van der Waals surface area contributed by atoms with Crippen LogP contribution < -0.4 is 15.0 Å². The molecular formula is C29H25ClN2O5. The minimum atomic E-state index is -0.876. The molecule has 0 saturated carbocycles. The van der Waals surface area contributed by atoms with E-state index in [1.54, 1.807) is 47.4 Å². The van der Waals surface area contributed by atoms with Crippen LogP contribution in [-0.2, 0) is 4.79 Å². The number of hydrogen-bond acceptors (Lipinski definition) is 4. The summed E-state index contributed by atoms with van der Waals surface area (Å²) in [6.07, 6.45) is 3.04. The Kier molecular flexibility index (Phi) is 6.72. The summed E-state index contributed by atoms with van der Waals surface area (Å²) in [5, 5.41) is 12.6. The summed E-state index contributed by atoms with van der Waals surface area (Å²) in [6.45, 7) is 0.491. The van der Waals surface area contributed by atoms with E-state index >= 15 is 0 Å². The second-order valence-corrected chi connectivity index (χ2v) is 9.58. The Morgan fingerprint density at radius 1 is 1.05 bits per heavy atom. The third kappa shape index (κ3) is 4.82. The number of rotatable bonds is 5. The average Bonchev–Trinajstić information content (AvgIpc) is 3.28. The lowest BCUT2D eigenvalue weighted by molar-refractivity contribution is -0.132. The fourth-order valence-corrected chi connectivity index (χ4v) is 5.31. The molecule has 0 saturated heterocycles. The SMILES string of the molecule is COc1ccc(Cl)c(C(=O)Nc2ccc(C(=O)N3CCC4CC(C(=O)O)=C[C@@H]4c4ccccc43)cc2)c1. The number of anilines is 2. The average molecular weight is 517 g/mol. The Balaban J connectivity index is 1.36. The molecule has 8 heteroatoms. The summed E-state index contributed by atoms with van der Waals surface area (Å²) < 4.78 is 5.17. The van der Waals surface area contributed by atoms with E-state index in [0.29, 0.717) is 47.0 Å². The highest BCUT2D eigenvalue weighted by molar-refractivity contribution is 6.34. The van der Waals surface area contributed by atoms with E-state index in [1.165, 1.54) is 7.11 Å². The summed E-state index contributed by atoms with van der Waals surface area (Å²) in [6, 6.07) is 19.3. The first kappa shape index (κ1) is 24.6. The van der Waals surface area contributed by atoms with Gasteiger partial charge in [0.1, 0.15) is 5.75 Å². The quantitative estimate of drug-likeness (QED) is 0.449. The molecule has 1 heterocycles. The Labute approximate surface area is 219 Å². The van der Waals surface area contributed by atoms with Gasteiger partial charge in [-0.2, -0.15) is 0 Å². The number of amides is 2. The standard InChI is InChI=1S/C29H25ClN2O5/c1-37-21-10-11-25(30)24(16-21)27(33)31-20-8-6-17(7-9-20)28(34)32-13-12-18-14-19(29(35)36)15-23(18)22-4-2-3-5-26(22)32/h2-11,15-16,18,23H,12-14H2,1H3,(H,31,33)(H,35,36)/t18?,23-/m0/s1. The molecule has 1 unspecified atom stereocenters. The third-order valence-corrected chi connectivity index (χ3v) is 7.34. The summed E-state index contributed by atoms with van der Waals surface area (Å²) in [5.41, 5.74) is 3.51. The second kappa shape index (κ2) is 10.1. The maximum absolute atomic E-state index is 13.6. The van der Waals surface area contributed by atoms with Crippen molar-refractivity contribution in [2.45, 2.75) is 18.8 Å². The van der Waals surface area contributed by atoms with Crippen LogP contribution in [0.4, 0.5) is 11.4 Å². The number of benzene rings is 3. The van der Waals surface area contributed by atoms with Crippen molar-refractivity contribution in [1.29, 1.82) is 0 Å². The number of fused-ring (bicyclic) bond motifs is 3. The number of nitrogens with one attached hydrogen (secondary N) is 1. The van der Waals surface area contributed by atoms with E-state index in [4.69, 9.17) is 16.3 Å². The van der Waals surface area contributed by atoms with Crippen molar-refractivity contribution in [3.63, 3.8) is 0 Å². The molecule has 0 spiro atoms. The van der Waals surface area contributed by atoms with Gasteiger partial charge in [0, 0.05) is 35.0 Å². The number of methoxy groups -OCH3 is 1. The maximum Gasteiger partial charge on any atom is 0.331 e. The fourth-order valence-electron chi connectivity index (χ4n) is 5.11. The van der Waals surface area contributed by atoms with Gasteiger partial charge in [0.2, 0.25) is 0 Å². The number of ether oxygens (including phenoxy) is 1. The lowest BCUT2D eigenvalue weighted by Gasteiger charge is -2.24. The molecule has 188 valence electrons. The van der Waals surface area contributed by atoms with E-state index in [2.05, 4.69) is 5.32 Å². The first-order chi connectivity index (χ1) is 17.9. The monoisotopic (exact) mass is 516 g/mol. The molecule has 3 aromatic rings. The van der Waals surface area contributed by atoms with Crippen LogP contribution in [0.5, 0.6) is 5.75 Å². The normalized spacial score (nSPS) is 18.2. The van der Waals surface area contributed by atoms with Crippen molar-refractivity contribution in [1.82, 2.24) is 0 Å². The van der Waals surface area contributed by atoms with E-state index in [9.17, 15) is 19.5 Å². The van der Waals surface area contributed by atoms with Gasteiger partial charge in [0.15, 0.2) is 0 Å². The highest BCUT2D eigenvalue weighted by atomic mass is 35.5. The molecule has 5 rings (SSSR count). The van der Waals surface area contributed by atoms with Crippen LogP contribution in [0.3, 0.4) is 0 Å². The largest absolute Gasteiger partial charge is 0.497 e. The summed E-state index contributed by atoms with van der Waals surface area (Å²) in [7, 11) is 1.51. The number of allylic oxidation sites excluding steroid dienone is 1. The molecule has 37 heavy (non-hydrogen) atoms. The van der Waals surface area contributed by atoms with Gasteiger partial charge in [-0.15, -0.1) is 0 Å². The van der Waals surface area contributed by atoms with Gasteiger partial charge in [0.25, 0.3) is 11.8 Å². The van der Waals surface area contributed by atoms with Gasteiger partial charge in [-0.1, -0.05) is 35.9 Å². The number of nitrogens with zero attached hydrogens (tertiary/aromatic N) is 1. The lowest BCUT2D eigenvalue weighted by atomic mass is 9.87.